The Balaban J connectivity index is 1.78. The van der Waals surface area contributed by atoms with Gasteiger partial charge in [-0.15, -0.1) is 0 Å². The molecular formula is C11H17NO4. The van der Waals surface area contributed by atoms with Crippen molar-refractivity contribution in [3.8, 4) is 0 Å². The van der Waals surface area contributed by atoms with E-state index in [0.717, 1.165) is 19.3 Å². The number of amides is 1. The molecule has 3 unspecified atom stereocenters. The van der Waals surface area contributed by atoms with Gasteiger partial charge in [-0.1, -0.05) is 6.42 Å². The molecule has 0 aromatic heterocycles. The Hall–Kier alpha value is -1.10. The van der Waals surface area contributed by atoms with Crippen LogP contribution in [0, 0.1) is 17.8 Å². The number of aliphatic carboxylic acids is 1. The minimum Gasteiger partial charge on any atom is -0.479 e. The fourth-order valence-corrected chi connectivity index (χ4v) is 2.98. The Morgan fingerprint density at radius 1 is 1.31 bits per heavy atom. The number of rotatable bonds is 4. The second-order valence-corrected chi connectivity index (χ2v) is 4.88. The van der Waals surface area contributed by atoms with Crippen LogP contribution in [-0.2, 0) is 9.59 Å². The molecule has 2 aliphatic carbocycles. The third-order valence-corrected chi connectivity index (χ3v) is 3.83. The lowest BCUT2D eigenvalue weighted by molar-refractivity contribution is -0.146. The maximum atomic E-state index is 11.7. The highest BCUT2D eigenvalue weighted by Crippen LogP contribution is 2.48. The number of hydrogen-bond donors (Lipinski definition) is 3. The van der Waals surface area contributed by atoms with Crippen molar-refractivity contribution in [3.63, 3.8) is 0 Å². The fourth-order valence-electron chi connectivity index (χ4n) is 2.98. The molecule has 90 valence electrons. The lowest BCUT2D eigenvalue weighted by Crippen LogP contribution is -2.40. The van der Waals surface area contributed by atoms with Crippen LogP contribution in [0.15, 0.2) is 0 Å². The van der Waals surface area contributed by atoms with Gasteiger partial charge in [0, 0.05) is 5.92 Å². The summed E-state index contributed by atoms with van der Waals surface area (Å²) >= 11 is 0. The van der Waals surface area contributed by atoms with E-state index in [0.29, 0.717) is 11.8 Å². The van der Waals surface area contributed by atoms with Gasteiger partial charge >= 0.3 is 5.97 Å². The van der Waals surface area contributed by atoms with Crippen molar-refractivity contribution >= 4 is 11.9 Å². The zero-order valence-electron chi connectivity index (χ0n) is 9.06. The van der Waals surface area contributed by atoms with Crippen molar-refractivity contribution in [1.82, 2.24) is 5.32 Å². The van der Waals surface area contributed by atoms with Crippen LogP contribution in [0.4, 0.5) is 0 Å². The second kappa shape index (κ2) is 4.41. The monoisotopic (exact) mass is 227 g/mol. The first kappa shape index (κ1) is 11.4. The van der Waals surface area contributed by atoms with E-state index in [2.05, 4.69) is 5.32 Å². The van der Waals surface area contributed by atoms with Crippen molar-refractivity contribution in [3.05, 3.63) is 0 Å². The zero-order chi connectivity index (χ0) is 11.7. The molecule has 0 heterocycles. The van der Waals surface area contributed by atoms with Crippen LogP contribution in [0.5, 0.6) is 0 Å². The number of carbonyl (C=O) groups is 2. The van der Waals surface area contributed by atoms with Crippen LogP contribution in [-0.4, -0.2) is 34.7 Å². The maximum absolute atomic E-state index is 11.7. The lowest BCUT2D eigenvalue weighted by atomic mass is 9.88. The van der Waals surface area contributed by atoms with Gasteiger partial charge < -0.3 is 15.5 Å². The molecule has 1 amide bonds. The van der Waals surface area contributed by atoms with Gasteiger partial charge in [-0.3, -0.25) is 4.79 Å². The normalized spacial score (nSPS) is 33.7. The third-order valence-electron chi connectivity index (χ3n) is 3.83. The molecule has 5 heteroatoms. The highest BCUT2D eigenvalue weighted by Gasteiger charge is 2.43. The third kappa shape index (κ3) is 2.19. The molecule has 2 rings (SSSR count). The molecule has 0 aromatic carbocycles. The molecule has 5 nitrogen and oxygen atoms in total. The van der Waals surface area contributed by atoms with Crippen LogP contribution >= 0.6 is 0 Å². The molecule has 2 fully saturated rings. The van der Waals surface area contributed by atoms with E-state index in [-0.39, 0.29) is 18.4 Å². The number of nitrogens with one attached hydrogen (secondary N) is 1. The number of aliphatic hydroxyl groups excluding tert-OH is 1. The van der Waals surface area contributed by atoms with E-state index in [1.807, 2.05) is 0 Å². The van der Waals surface area contributed by atoms with Gasteiger partial charge in [0.25, 0.3) is 0 Å². The van der Waals surface area contributed by atoms with Gasteiger partial charge in [-0.05, 0) is 31.1 Å². The minimum atomic E-state index is -1.50. The van der Waals surface area contributed by atoms with E-state index in [1.54, 1.807) is 0 Å². The number of carboxylic acids is 1. The SMILES string of the molecule is O=C(NC[C@H](O)C(=O)O)C1CC2CCC1C2. The van der Waals surface area contributed by atoms with Crippen molar-refractivity contribution in [1.29, 1.82) is 0 Å². The molecule has 3 N–H and O–H groups in total. The average molecular weight is 227 g/mol. The Bertz CT molecular complexity index is 304. The predicted octanol–water partition coefficient (Wildman–Crippen LogP) is -0.0157. The van der Waals surface area contributed by atoms with Gasteiger partial charge in [0.15, 0.2) is 6.10 Å². The summed E-state index contributed by atoms with van der Waals surface area (Å²) in [5.74, 6) is -0.183. The van der Waals surface area contributed by atoms with E-state index >= 15 is 0 Å². The van der Waals surface area contributed by atoms with Crippen molar-refractivity contribution < 1.29 is 19.8 Å². The first-order chi connectivity index (χ1) is 7.58. The molecule has 4 atom stereocenters. The summed E-state index contributed by atoms with van der Waals surface area (Å²) in [5.41, 5.74) is 0. The standard InChI is InChI=1S/C11H17NO4/c13-9(11(15)16)5-12-10(14)8-4-6-1-2-7(8)3-6/h6-9,13H,1-5H2,(H,12,14)(H,15,16)/t6?,7?,8?,9-/m0/s1. The number of carbonyl (C=O) groups excluding carboxylic acids is 1. The Kier molecular flexibility index (Phi) is 3.14. The van der Waals surface area contributed by atoms with Crippen LogP contribution in [0.25, 0.3) is 0 Å². The predicted molar refractivity (Wildman–Crippen MR) is 55.6 cm³/mol. The number of hydrogen-bond acceptors (Lipinski definition) is 3. The van der Waals surface area contributed by atoms with Gasteiger partial charge in [-0.2, -0.15) is 0 Å². The molecule has 16 heavy (non-hydrogen) atoms. The molecule has 0 aliphatic heterocycles. The molecular weight excluding hydrogens is 210 g/mol. The summed E-state index contributed by atoms with van der Waals surface area (Å²) < 4.78 is 0. The molecule has 0 aromatic rings. The molecule has 0 spiro atoms. The number of carboxylic acid groups (broad SMARTS) is 1. The van der Waals surface area contributed by atoms with E-state index in [1.165, 1.54) is 6.42 Å². The molecule has 2 saturated carbocycles. The summed E-state index contributed by atoms with van der Waals surface area (Å²) in [7, 11) is 0. The van der Waals surface area contributed by atoms with Gasteiger partial charge in [-0.25, -0.2) is 4.79 Å². The van der Waals surface area contributed by atoms with E-state index < -0.39 is 12.1 Å². The van der Waals surface area contributed by atoms with Crippen molar-refractivity contribution in [2.75, 3.05) is 6.54 Å². The van der Waals surface area contributed by atoms with Gasteiger partial charge in [0.2, 0.25) is 5.91 Å². The lowest BCUT2D eigenvalue weighted by Gasteiger charge is -2.21. The van der Waals surface area contributed by atoms with Crippen LogP contribution < -0.4 is 5.32 Å². The van der Waals surface area contributed by atoms with E-state index in [9.17, 15) is 9.59 Å². The maximum Gasteiger partial charge on any atom is 0.334 e. The minimum absolute atomic E-state index is 0.0414. The summed E-state index contributed by atoms with van der Waals surface area (Å²) in [6.45, 7) is -0.192. The van der Waals surface area contributed by atoms with E-state index in [4.69, 9.17) is 10.2 Å². The second-order valence-electron chi connectivity index (χ2n) is 4.88. The van der Waals surface area contributed by atoms with Crippen LogP contribution in [0.1, 0.15) is 25.7 Å². The Labute approximate surface area is 93.8 Å². The molecule has 0 saturated heterocycles. The molecule has 2 aliphatic rings. The highest BCUT2D eigenvalue weighted by molar-refractivity contribution is 5.80. The summed E-state index contributed by atoms with van der Waals surface area (Å²) in [6, 6.07) is 0. The summed E-state index contributed by atoms with van der Waals surface area (Å²) in [5, 5.41) is 20.0. The summed E-state index contributed by atoms with van der Waals surface area (Å²) in [6.07, 6.45) is 2.91. The van der Waals surface area contributed by atoms with Crippen LogP contribution in [0.2, 0.25) is 0 Å². The van der Waals surface area contributed by atoms with Crippen molar-refractivity contribution in [2.24, 2.45) is 17.8 Å². The number of fused-ring (bicyclic) bond motifs is 2. The smallest absolute Gasteiger partial charge is 0.334 e. The Morgan fingerprint density at radius 2 is 2.06 bits per heavy atom. The highest BCUT2D eigenvalue weighted by atomic mass is 16.4. The molecule has 0 radical (unpaired) electrons. The first-order valence-electron chi connectivity index (χ1n) is 5.76. The largest absolute Gasteiger partial charge is 0.479 e. The first-order valence-corrected chi connectivity index (χ1v) is 5.76. The van der Waals surface area contributed by atoms with Crippen molar-refractivity contribution in [2.45, 2.75) is 31.8 Å². The fraction of sp³-hybridized carbons (Fsp3) is 0.818. The topological polar surface area (TPSA) is 86.6 Å². The number of aliphatic hydroxyl groups is 1. The average Bonchev–Trinajstić information content (AvgIpc) is 2.86. The summed E-state index contributed by atoms with van der Waals surface area (Å²) in [4.78, 5) is 22.1. The zero-order valence-corrected chi connectivity index (χ0v) is 9.06. The quantitative estimate of drug-likeness (QED) is 0.630. The van der Waals surface area contributed by atoms with Crippen LogP contribution in [0.3, 0.4) is 0 Å². The Morgan fingerprint density at radius 3 is 2.56 bits per heavy atom. The molecule has 2 bridgehead atoms. The van der Waals surface area contributed by atoms with Gasteiger partial charge in [0.05, 0.1) is 6.54 Å². The van der Waals surface area contributed by atoms with Gasteiger partial charge in [0.1, 0.15) is 0 Å².